The normalized spacial score (nSPS) is 22.5. The van der Waals surface area contributed by atoms with Crippen LogP contribution in [0.15, 0.2) is 0 Å². The molecule has 72 valence electrons. The zero-order valence-corrected chi connectivity index (χ0v) is 8.97. The Morgan fingerprint density at radius 3 is 2.25 bits per heavy atom. The van der Waals surface area contributed by atoms with Crippen LogP contribution in [0, 0.1) is 0 Å². The summed E-state index contributed by atoms with van der Waals surface area (Å²) in [5.41, 5.74) is 0. The van der Waals surface area contributed by atoms with Gasteiger partial charge in [0, 0.05) is 25.9 Å². The van der Waals surface area contributed by atoms with Gasteiger partial charge >= 0.3 is 8.80 Å². The van der Waals surface area contributed by atoms with Gasteiger partial charge in [-0.15, -0.1) is 0 Å². The van der Waals surface area contributed by atoms with Crippen molar-refractivity contribution in [2.75, 3.05) is 19.8 Å². The van der Waals surface area contributed by atoms with Crippen LogP contribution in [0.1, 0.15) is 26.7 Å². The first kappa shape index (κ1) is 10.2. The van der Waals surface area contributed by atoms with E-state index < -0.39 is 8.80 Å². The highest BCUT2D eigenvalue weighted by molar-refractivity contribution is 6.60. The first-order chi connectivity index (χ1) is 5.83. The molecule has 1 rings (SSSR count). The topological polar surface area (TPSA) is 27.7 Å². The van der Waals surface area contributed by atoms with Gasteiger partial charge in [0.15, 0.2) is 0 Å². The van der Waals surface area contributed by atoms with Crippen LogP contribution in [0.2, 0.25) is 6.04 Å². The molecule has 4 heteroatoms. The molecule has 0 unspecified atom stereocenters. The van der Waals surface area contributed by atoms with Crippen LogP contribution < -0.4 is 0 Å². The molecule has 12 heavy (non-hydrogen) atoms. The van der Waals surface area contributed by atoms with Crippen LogP contribution in [0.25, 0.3) is 0 Å². The molecule has 1 saturated heterocycles. The van der Waals surface area contributed by atoms with Gasteiger partial charge in [0.1, 0.15) is 0 Å². The third-order valence-electron chi connectivity index (χ3n) is 1.93. The summed E-state index contributed by atoms with van der Waals surface area (Å²) in [7, 11) is -2.18. The van der Waals surface area contributed by atoms with Gasteiger partial charge in [-0.25, -0.2) is 0 Å². The Balaban J connectivity index is 2.44. The Labute approximate surface area is 75.4 Å². The van der Waals surface area contributed by atoms with Crippen LogP contribution in [0.5, 0.6) is 0 Å². The first-order valence-electron chi connectivity index (χ1n) is 4.75. The smallest absolute Gasteiger partial charge is 0.374 e. The van der Waals surface area contributed by atoms with Crippen molar-refractivity contribution < 1.29 is 13.3 Å². The Bertz CT molecular complexity index is 108. The van der Waals surface area contributed by atoms with E-state index >= 15 is 0 Å². The summed E-state index contributed by atoms with van der Waals surface area (Å²) in [5.74, 6) is 0. The van der Waals surface area contributed by atoms with E-state index in [1.54, 1.807) is 0 Å². The predicted molar refractivity (Wildman–Crippen MR) is 49.0 cm³/mol. The molecule has 0 aliphatic carbocycles. The molecule has 0 radical (unpaired) electrons. The van der Waals surface area contributed by atoms with E-state index in [4.69, 9.17) is 13.3 Å². The summed E-state index contributed by atoms with van der Waals surface area (Å²) in [5, 5.41) is 0. The van der Waals surface area contributed by atoms with Crippen molar-refractivity contribution in [3.05, 3.63) is 0 Å². The van der Waals surface area contributed by atoms with Crippen LogP contribution >= 0.6 is 0 Å². The van der Waals surface area contributed by atoms with Gasteiger partial charge in [-0.05, 0) is 26.7 Å². The molecule has 0 saturated carbocycles. The highest BCUT2D eigenvalue weighted by Crippen LogP contribution is 2.23. The minimum absolute atomic E-state index is 0.701. The Morgan fingerprint density at radius 2 is 1.83 bits per heavy atom. The zero-order valence-electron chi connectivity index (χ0n) is 7.97. The fourth-order valence-electron chi connectivity index (χ4n) is 1.45. The van der Waals surface area contributed by atoms with E-state index in [1.807, 2.05) is 13.8 Å². The van der Waals surface area contributed by atoms with E-state index in [0.29, 0.717) is 13.2 Å². The van der Waals surface area contributed by atoms with Crippen molar-refractivity contribution in [1.82, 2.24) is 0 Å². The lowest BCUT2D eigenvalue weighted by Crippen LogP contribution is -2.48. The van der Waals surface area contributed by atoms with Crippen molar-refractivity contribution in [3.8, 4) is 0 Å². The van der Waals surface area contributed by atoms with Crippen molar-refractivity contribution in [2.45, 2.75) is 32.7 Å². The lowest BCUT2D eigenvalue weighted by molar-refractivity contribution is 0.0535. The maximum absolute atomic E-state index is 5.64. The first-order valence-corrected chi connectivity index (χ1v) is 6.68. The lowest BCUT2D eigenvalue weighted by atomic mass is 10.4. The van der Waals surface area contributed by atoms with Gasteiger partial charge in [0.05, 0.1) is 0 Å². The molecular formula is C8H18O3Si. The summed E-state index contributed by atoms with van der Waals surface area (Å²) >= 11 is 0. The summed E-state index contributed by atoms with van der Waals surface area (Å²) in [6, 6.07) is 0.995. The van der Waals surface area contributed by atoms with Crippen LogP contribution in [0.3, 0.4) is 0 Å². The van der Waals surface area contributed by atoms with Gasteiger partial charge in [0.25, 0.3) is 0 Å². The average molecular weight is 190 g/mol. The van der Waals surface area contributed by atoms with E-state index in [0.717, 1.165) is 19.1 Å². The highest BCUT2D eigenvalue weighted by Gasteiger charge is 2.41. The number of hydrogen-bond acceptors (Lipinski definition) is 3. The molecule has 1 heterocycles. The molecule has 0 aromatic rings. The molecule has 0 bridgehead atoms. The van der Waals surface area contributed by atoms with Crippen molar-refractivity contribution in [1.29, 1.82) is 0 Å². The quantitative estimate of drug-likeness (QED) is 0.633. The van der Waals surface area contributed by atoms with Crippen LogP contribution in [-0.4, -0.2) is 28.6 Å². The molecular weight excluding hydrogens is 172 g/mol. The third-order valence-corrected chi connectivity index (χ3v) is 4.99. The van der Waals surface area contributed by atoms with E-state index in [2.05, 4.69) is 0 Å². The second-order valence-electron chi connectivity index (χ2n) is 2.85. The fraction of sp³-hybridized carbons (Fsp3) is 1.00. The van der Waals surface area contributed by atoms with E-state index in [1.165, 1.54) is 6.42 Å². The molecule has 1 aliphatic rings. The van der Waals surface area contributed by atoms with Gasteiger partial charge in [-0.1, -0.05) is 0 Å². The predicted octanol–water partition coefficient (Wildman–Crippen LogP) is 1.81. The largest absolute Gasteiger partial charge is 0.500 e. The molecule has 1 aliphatic heterocycles. The summed E-state index contributed by atoms with van der Waals surface area (Å²) in [4.78, 5) is 0. The maximum atomic E-state index is 5.64. The monoisotopic (exact) mass is 190 g/mol. The van der Waals surface area contributed by atoms with Crippen LogP contribution in [-0.2, 0) is 13.3 Å². The second-order valence-corrected chi connectivity index (χ2v) is 5.59. The SMILES string of the molecule is CCO[Si]1(OCC)CCCCO1. The molecule has 0 aromatic heterocycles. The third kappa shape index (κ3) is 2.55. The van der Waals surface area contributed by atoms with Crippen molar-refractivity contribution in [3.63, 3.8) is 0 Å². The molecule has 1 fully saturated rings. The Morgan fingerprint density at radius 1 is 1.17 bits per heavy atom. The van der Waals surface area contributed by atoms with Gasteiger partial charge in [0.2, 0.25) is 0 Å². The van der Waals surface area contributed by atoms with Crippen molar-refractivity contribution >= 4 is 8.80 Å². The Hall–Kier alpha value is 0.0969. The molecule has 0 amide bonds. The zero-order chi connectivity index (χ0) is 8.86. The average Bonchev–Trinajstić information content (AvgIpc) is 2.07. The minimum atomic E-state index is -2.18. The molecule has 0 aromatic carbocycles. The highest BCUT2D eigenvalue weighted by atomic mass is 28.4. The lowest BCUT2D eigenvalue weighted by Gasteiger charge is -2.31. The molecule has 3 nitrogen and oxygen atoms in total. The van der Waals surface area contributed by atoms with Gasteiger partial charge < -0.3 is 13.3 Å². The van der Waals surface area contributed by atoms with Gasteiger partial charge in [-0.3, -0.25) is 0 Å². The Kier molecular flexibility index (Phi) is 4.21. The number of rotatable bonds is 4. The minimum Gasteiger partial charge on any atom is -0.374 e. The standard InChI is InChI=1S/C8H18O3Si/c1-3-9-12(10-4-2)8-6-5-7-11-12/h3-8H2,1-2H3. The van der Waals surface area contributed by atoms with Crippen molar-refractivity contribution in [2.24, 2.45) is 0 Å². The molecule has 0 atom stereocenters. The van der Waals surface area contributed by atoms with E-state index in [-0.39, 0.29) is 0 Å². The second kappa shape index (κ2) is 4.96. The number of hydrogen-bond donors (Lipinski definition) is 0. The molecule has 0 N–H and O–H groups in total. The molecule has 0 spiro atoms. The summed E-state index contributed by atoms with van der Waals surface area (Å²) in [6.07, 6.45) is 2.33. The van der Waals surface area contributed by atoms with Gasteiger partial charge in [-0.2, -0.15) is 0 Å². The van der Waals surface area contributed by atoms with E-state index in [9.17, 15) is 0 Å². The van der Waals surface area contributed by atoms with Crippen LogP contribution in [0.4, 0.5) is 0 Å². The fourth-order valence-corrected chi connectivity index (χ4v) is 4.15. The summed E-state index contributed by atoms with van der Waals surface area (Å²) < 4.78 is 16.9. The summed E-state index contributed by atoms with van der Waals surface area (Å²) in [6.45, 7) is 6.20. The maximum Gasteiger partial charge on any atom is 0.500 e.